The molecule has 1 aliphatic heterocycles. The molecule has 2 aromatic heterocycles. The third-order valence-electron chi connectivity index (χ3n) is 4.14. The monoisotopic (exact) mass is 326 g/mol. The molecular formula is C16H18N6O2. The molecule has 3 heterocycles. The van der Waals surface area contributed by atoms with Crippen molar-refractivity contribution >= 4 is 17.1 Å². The van der Waals surface area contributed by atoms with Crippen LogP contribution in [0.5, 0.6) is 5.75 Å². The van der Waals surface area contributed by atoms with Crippen molar-refractivity contribution in [3.05, 3.63) is 40.9 Å². The minimum absolute atomic E-state index is 0.275. The zero-order chi connectivity index (χ0) is 16.5. The number of aromatic nitrogens is 4. The average Bonchev–Trinajstić information content (AvgIpc) is 3.21. The van der Waals surface area contributed by atoms with E-state index in [2.05, 4.69) is 25.6 Å². The number of para-hydroxylation sites is 2. The van der Waals surface area contributed by atoms with Gasteiger partial charge in [0.15, 0.2) is 5.65 Å². The molecule has 0 saturated carbocycles. The van der Waals surface area contributed by atoms with Crippen LogP contribution in [0.4, 0.5) is 5.95 Å². The molecule has 24 heavy (non-hydrogen) atoms. The summed E-state index contributed by atoms with van der Waals surface area (Å²) >= 11 is 0. The normalized spacial score (nSPS) is 17.3. The van der Waals surface area contributed by atoms with E-state index in [1.807, 2.05) is 24.3 Å². The van der Waals surface area contributed by atoms with Crippen molar-refractivity contribution in [1.29, 1.82) is 0 Å². The summed E-state index contributed by atoms with van der Waals surface area (Å²) in [6, 6.07) is 7.65. The summed E-state index contributed by atoms with van der Waals surface area (Å²) in [4.78, 5) is 24.0. The van der Waals surface area contributed by atoms with Crippen LogP contribution in [-0.4, -0.2) is 45.8 Å². The fourth-order valence-corrected chi connectivity index (χ4v) is 2.97. The molecule has 4 rings (SSSR count). The van der Waals surface area contributed by atoms with Gasteiger partial charge in [0.2, 0.25) is 5.95 Å². The molecule has 0 unspecified atom stereocenters. The highest BCUT2D eigenvalue weighted by Crippen LogP contribution is 2.23. The molecular weight excluding hydrogens is 308 g/mol. The van der Waals surface area contributed by atoms with E-state index in [1.54, 1.807) is 13.3 Å². The number of ether oxygens (including phenoxy) is 1. The van der Waals surface area contributed by atoms with Crippen LogP contribution in [0.3, 0.4) is 0 Å². The first-order valence-electron chi connectivity index (χ1n) is 7.84. The fraction of sp³-hybridized carbons (Fsp3) is 0.312. The summed E-state index contributed by atoms with van der Waals surface area (Å²) in [6.07, 6.45) is 2.65. The second-order valence-electron chi connectivity index (χ2n) is 5.70. The topological polar surface area (TPSA) is 96.9 Å². The zero-order valence-electron chi connectivity index (χ0n) is 13.2. The number of rotatable bonds is 4. The molecule has 1 aromatic carbocycles. The van der Waals surface area contributed by atoms with Crippen molar-refractivity contribution in [2.24, 2.45) is 0 Å². The Morgan fingerprint density at radius 3 is 3.04 bits per heavy atom. The molecule has 8 nitrogen and oxygen atoms in total. The van der Waals surface area contributed by atoms with Crippen LogP contribution in [-0.2, 0) is 0 Å². The molecule has 3 aromatic rings. The molecule has 0 aliphatic carbocycles. The first-order chi connectivity index (χ1) is 11.8. The van der Waals surface area contributed by atoms with Gasteiger partial charge >= 0.3 is 5.69 Å². The number of fused-ring (bicyclic) bond motifs is 1. The van der Waals surface area contributed by atoms with E-state index in [9.17, 15) is 4.79 Å². The molecule has 8 heteroatoms. The van der Waals surface area contributed by atoms with Crippen LogP contribution in [0, 0.1) is 0 Å². The number of hydrogen-bond acceptors (Lipinski definition) is 6. The molecule has 1 saturated heterocycles. The number of nitrogens with zero attached hydrogens (tertiary/aromatic N) is 3. The lowest BCUT2D eigenvalue weighted by atomic mass is 10.3. The number of hydrogen-bond donors (Lipinski definition) is 3. The first-order valence-corrected chi connectivity index (χ1v) is 7.84. The van der Waals surface area contributed by atoms with Gasteiger partial charge in [-0.3, -0.25) is 0 Å². The molecule has 3 N–H and O–H groups in total. The molecule has 0 amide bonds. The van der Waals surface area contributed by atoms with Gasteiger partial charge in [-0.15, -0.1) is 0 Å². The Hall–Kier alpha value is -2.87. The van der Waals surface area contributed by atoms with Crippen LogP contribution in [0.15, 0.2) is 35.3 Å². The molecule has 0 spiro atoms. The molecule has 0 bridgehead atoms. The Labute approximate surface area is 137 Å². The molecule has 0 radical (unpaired) electrons. The summed E-state index contributed by atoms with van der Waals surface area (Å²) < 4.78 is 6.88. The van der Waals surface area contributed by atoms with Gasteiger partial charge in [-0.2, -0.15) is 4.98 Å². The predicted molar refractivity (Wildman–Crippen MR) is 90.9 cm³/mol. The number of methoxy groups -OCH3 is 1. The van der Waals surface area contributed by atoms with E-state index < -0.39 is 0 Å². The van der Waals surface area contributed by atoms with Gasteiger partial charge in [-0.05, 0) is 25.1 Å². The van der Waals surface area contributed by atoms with E-state index in [0.717, 1.165) is 19.5 Å². The van der Waals surface area contributed by atoms with Crippen LogP contribution in [0.1, 0.15) is 6.42 Å². The SMILES string of the molecule is COc1ccccc1-n1c(=O)[nH]c2cnc(N[C@@H]3CCNC3)nc21. The van der Waals surface area contributed by atoms with Crippen molar-refractivity contribution in [2.75, 3.05) is 25.5 Å². The van der Waals surface area contributed by atoms with Crippen LogP contribution >= 0.6 is 0 Å². The highest BCUT2D eigenvalue weighted by Gasteiger charge is 2.18. The highest BCUT2D eigenvalue weighted by molar-refractivity contribution is 5.74. The van der Waals surface area contributed by atoms with Gasteiger partial charge in [0.05, 0.1) is 19.0 Å². The highest BCUT2D eigenvalue weighted by atomic mass is 16.5. The Morgan fingerprint density at radius 2 is 2.25 bits per heavy atom. The first kappa shape index (κ1) is 14.7. The van der Waals surface area contributed by atoms with E-state index in [1.165, 1.54) is 4.57 Å². The smallest absolute Gasteiger partial charge is 0.332 e. The van der Waals surface area contributed by atoms with Crippen molar-refractivity contribution in [2.45, 2.75) is 12.5 Å². The van der Waals surface area contributed by atoms with Crippen molar-refractivity contribution in [3.8, 4) is 11.4 Å². The second-order valence-corrected chi connectivity index (χ2v) is 5.70. The lowest BCUT2D eigenvalue weighted by molar-refractivity contribution is 0.413. The number of H-pyrrole nitrogens is 1. The maximum absolute atomic E-state index is 12.4. The van der Waals surface area contributed by atoms with Crippen molar-refractivity contribution < 1.29 is 4.74 Å². The Morgan fingerprint density at radius 1 is 1.38 bits per heavy atom. The Bertz CT molecular complexity index is 926. The zero-order valence-corrected chi connectivity index (χ0v) is 13.2. The van der Waals surface area contributed by atoms with Crippen molar-refractivity contribution in [1.82, 2.24) is 24.8 Å². The van der Waals surface area contributed by atoms with Gasteiger partial charge in [0.1, 0.15) is 11.3 Å². The fourth-order valence-electron chi connectivity index (χ4n) is 2.97. The number of anilines is 1. The van der Waals surface area contributed by atoms with E-state index >= 15 is 0 Å². The van der Waals surface area contributed by atoms with Gasteiger partial charge in [0.25, 0.3) is 0 Å². The largest absolute Gasteiger partial charge is 0.495 e. The summed E-state index contributed by atoms with van der Waals surface area (Å²) in [6.45, 7) is 1.86. The molecule has 124 valence electrons. The number of benzene rings is 1. The van der Waals surface area contributed by atoms with Crippen molar-refractivity contribution in [3.63, 3.8) is 0 Å². The number of aromatic amines is 1. The van der Waals surface area contributed by atoms with Crippen LogP contribution < -0.4 is 21.1 Å². The van der Waals surface area contributed by atoms with E-state index in [4.69, 9.17) is 4.74 Å². The second kappa shape index (κ2) is 5.97. The van der Waals surface area contributed by atoms with Gasteiger partial charge in [-0.25, -0.2) is 14.3 Å². The standard InChI is InChI=1S/C16H18N6O2/c1-24-13-5-3-2-4-12(13)22-14-11(20-16(22)23)9-18-15(21-14)19-10-6-7-17-8-10/h2-5,9-10,17H,6-8H2,1H3,(H,20,23)(H,18,19,21)/t10-/m1/s1. The van der Waals surface area contributed by atoms with E-state index in [-0.39, 0.29) is 5.69 Å². The van der Waals surface area contributed by atoms with E-state index in [0.29, 0.717) is 34.6 Å². The number of imidazole rings is 1. The lowest BCUT2D eigenvalue weighted by Gasteiger charge is -2.12. The lowest BCUT2D eigenvalue weighted by Crippen LogP contribution is -2.23. The number of nitrogens with one attached hydrogen (secondary N) is 3. The summed E-state index contributed by atoms with van der Waals surface area (Å²) in [5.41, 5.74) is 1.47. The van der Waals surface area contributed by atoms with Crippen LogP contribution in [0.25, 0.3) is 16.9 Å². The summed E-state index contributed by atoms with van der Waals surface area (Å²) in [5, 5.41) is 6.59. The van der Waals surface area contributed by atoms with Crippen LogP contribution in [0.2, 0.25) is 0 Å². The molecule has 1 aliphatic rings. The minimum atomic E-state index is -0.275. The molecule has 1 atom stereocenters. The third-order valence-corrected chi connectivity index (χ3v) is 4.14. The Kier molecular flexibility index (Phi) is 3.66. The Balaban J connectivity index is 1.82. The average molecular weight is 326 g/mol. The maximum Gasteiger partial charge on any atom is 0.332 e. The summed E-state index contributed by atoms with van der Waals surface area (Å²) in [7, 11) is 1.58. The van der Waals surface area contributed by atoms with Gasteiger partial charge in [-0.1, -0.05) is 12.1 Å². The summed E-state index contributed by atoms with van der Waals surface area (Å²) in [5.74, 6) is 1.12. The predicted octanol–water partition coefficient (Wildman–Crippen LogP) is 0.891. The quantitative estimate of drug-likeness (QED) is 0.659. The van der Waals surface area contributed by atoms with Gasteiger partial charge in [0, 0.05) is 12.6 Å². The van der Waals surface area contributed by atoms with Gasteiger partial charge < -0.3 is 20.4 Å². The molecule has 1 fully saturated rings. The maximum atomic E-state index is 12.4. The minimum Gasteiger partial charge on any atom is -0.495 e. The third kappa shape index (κ3) is 2.50.